The van der Waals surface area contributed by atoms with Gasteiger partial charge in [0.15, 0.2) is 5.78 Å². The molecule has 0 radical (unpaired) electrons. The summed E-state index contributed by atoms with van der Waals surface area (Å²) in [4.78, 5) is 57.4. The van der Waals surface area contributed by atoms with E-state index in [0.717, 1.165) is 5.56 Å². The number of ketones is 1. The highest BCUT2D eigenvalue weighted by Crippen LogP contribution is 2.51. The number of β-lactam (4-membered cyclic amide) rings is 1. The third-order valence-electron chi connectivity index (χ3n) is 7.26. The van der Waals surface area contributed by atoms with Crippen molar-refractivity contribution in [1.29, 1.82) is 0 Å². The zero-order valence-corrected chi connectivity index (χ0v) is 23.3. The molecule has 4 atom stereocenters. The van der Waals surface area contributed by atoms with Gasteiger partial charge in [-0.25, -0.2) is 14.6 Å². The number of aliphatic hydroxyl groups is 1. The van der Waals surface area contributed by atoms with Gasteiger partial charge in [0.1, 0.15) is 41.5 Å². The number of nitrogens with zero attached hydrogens (tertiary/aromatic N) is 3. The molecule has 2 aliphatic rings. The number of carbonyl (C=O) groups is 4. The van der Waals surface area contributed by atoms with Gasteiger partial charge in [0.05, 0.1) is 22.9 Å². The van der Waals surface area contributed by atoms with E-state index in [1.54, 1.807) is 29.7 Å². The summed E-state index contributed by atoms with van der Waals surface area (Å²) in [5, 5.41) is 10.2. The molecule has 2 aliphatic heterocycles. The number of hydrogen-bond acceptors (Lipinski definition) is 10. The van der Waals surface area contributed by atoms with Crippen LogP contribution in [0, 0.1) is 11.8 Å². The summed E-state index contributed by atoms with van der Waals surface area (Å²) in [5.41, 5.74) is 1.84. The molecule has 0 aliphatic carbocycles. The molecule has 1 N–H and O–H groups in total. The number of aryl methyl sites for hydroxylation is 1. The first-order valence-corrected chi connectivity index (χ1v) is 13.8. The van der Waals surface area contributed by atoms with Crippen LogP contribution in [0.1, 0.15) is 48.6 Å². The Morgan fingerprint density at radius 3 is 2.60 bits per heavy atom. The van der Waals surface area contributed by atoms with Crippen molar-refractivity contribution in [2.24, 2.45) is 11.8 Å². The number of benzene rings is 1. The van der Waals surface area contributed by atoms with Crippen LogP contribution in [-0.4, -0.2) is 68.6 Å². The second-order valence-electron chi connectivity index (χ2n) is 9.77. The van der Waals surface area contributed by atoms with Gasteiger partial charge >= 0.3 is 12.1 Å². The summed E-state index contributed by atoms with van der Waals surface area (Å²) < 4.78 is 17.5. The van der Waals surface area contributed by atoms with Crippen molar-refractivity contribution in [2.75, 3.05) is 13.2 Å². The molecule has 1 aromatic carbocycles. The standard InChI is InChI=1S/C28H29N3O8S/c1-5-17-8-6-7-9-18(17)39-28(36)38-11-10-37-27(35)24-20(14(2)23-21(15(3)32)25(34)31(23)24)19-12-30-13-29-22(16(4)33)26(30)40-19/h6-9,12-15,21,23,32H,5,10-11H2,1-4H3/t14?,15-,21-,23+/m1/s1. The van der Waals surface area contributed by atoms with Gasteiger partial charge in [0, 0.05) is 24.6 Å². The van der Waals surface area contributed by atoms with E-state index in [2.05, 4.69) is 4.98 Å². The summed E-state index contributed by atoms with van der Waals surface area (Å²) in [6.07, 6.45) is 2.15. The lowest BCUT2D eigenvalue weighted by Crippen LogP contribution is -2.63. The van der Waals surface area contributed by atoms with Crippen molar-refractivity contribution in [3.63, 3.8) is 0 Å². The number of carbonyl (C=O) groups excluding carboxylic acids is 4. The molecule has 0 saturated carbocycles. The Hall–Kier alpha value is -4.03. The Morgan fingerprint density at radius 1 is 1.18 bits per heavy atom. The van der Waals surface area contributed by atoms with E-state index in [4.69, 9.17) is 14.2 Å². The van der Waals surface area contributed by atoms with Crippen molar-refractivity contribution < 1.29 is 38.5 Å². The number of aliphatic hydroxyl groups excluding tert-OH is 1. The average Bonchev–Trinajstić information content (AvgIpc) is 3.56. The molecule has 4 heterocycles. The number of imidazole rings is 1. The topological polar surface area (TPSA) is 137 Å². The highest BCUT2D eigenvalue weighted by atomic mass is 32.1. The molecule has 3 aromatic rings. The van der Waals surface area contributed by atoms with Crippen molar-refractivity contribution in [3.05, 3.63) is 58.6 Å². The number of amides is 1. The zero-order chi connectivity index (χ0) is 28.7. The van der Waals surface area contributed by atoms with Crippen LogP contribution in [0.15, 0.2) is 42.5 Å². The molecule has 210 valence electrons. The monoisotopic (exact) mass is 567 g/mol. The van der Waals surface area contributed by atoms with E-state index < -0.39 is 30.2 Å². The van der Waals surface area contributed by atoms with Gasteiger partial charge in [-0.15, -0.1) is 11.3 Å². The van der Waals surface area contributed by atoms with E-state index in [-0.39, 0.29) is 36.5 Å². The van der Waals surface area contributed by atoms with E-state index in [1.807, 2.05) is 26.0 Å². The first-order chi connectivity index (χ1) is 19.1. The summed E-state index contributed by atoms with van der Waals surface area (Å²) in [7, 11) is 0. The second kappa shape index (κ2) is 10.9. The first-order valence-electron chi connectivity index (χ1n) is 13.0. The van der Waals surface area contributed by atoms with Gasteiger partial charge in [-0.2, -0.15) is 0 Å². The maximum Gasteiger partial charge on any atom is 0.513 e. The Bertz CT molecular complexity index is 1540. The number of Topliss-reactive ketones (excluding diaryl/α,β-unsaturated/α-hetero) is 1. The molecule has 11 nitrogen and oxygen atoms in total. The van der Waals surface area contributed by atoms with Crippen LogP contribution in [-0.2, 0) is 25.5 Å². The number of hydrogen-bond donors (Lipinski definition) is 1. The van der Waals surface area contributed by atoms with E-state index in [0.29, 0.717) is 33.1 Å². The molecular formula is C28H29N3O8S. The molecule has 0 spiro atoms. The van der Waals surface area contributed by atoms with Crippen LogP contribution in [0.25, 0.3) is 10.4 Å². The van der Waals surface area contributed by atoms with Gasteiger partial charge in [0.25, 0.3) is 0 Å². The number of esters is 1. The molecule has 1 amide bonds. The van der Waals surface area contributed by atoms with Crippen molar-refractivity contribution >= 4 is 45.6 Å². The molecule has 2 aromatic heterocycles. The number of thiazole rings is 1. The van der Waals surface area contributed by atoms with Crippen LogP contribution >= 0.6 is 11.3 Å². The minimum atomic E-state index is -0.923. The molecule has 1 fully saturated rings. The lowest BCUT2D eigenvalue weighted by molar-refractivity contribution is -0.164. The number of rotatable bonds is 9. The molecule has 0 bridgehead atoms. The fourth-order valence-electron chi connectivity index (χ4n) is 5.39. The smallest absolute Gasteiger partial charge is 0.457 e. The number of fused-ring (bicyclic) bond motifs is 2. The average molecular weight is 568 g/mol. The SMILES string of the molecule is CCc1ccccc1OC(=O)OCCOC(=O)C1=C(c2cn3cnc(C(C)=O)c3s2)C(C)[C@H]2[C@@H]([C@@H](C)O)C(=O)N12. The fraction of sp³-hybridized carbons (Fsp3) is 0.393. The Morgan fingerprint density at radius 2 is 1.90 bits per heavy atom. The lowest BCUT2D eigenvalue weighted by atomic mass is 9.77. The minimum Gasteiger partial charge on any atom is -0.457 e. The second-order valence-corrected chi connectivity index (χ2v) is 10.8. The van der Waals surface area contributed by atoms with Crippen molar-refractivity contribution in [2.45, 2.75) is 46.3 Å². The normalized spacial score (nSPS) is 20.8. The molecule has 12 heteroatoms. The Balaban J connectivity index is 1.33. The maximum atomic E-state index is 13.4. The van der Waals surface area contributed by atoms with Crippen molar-refractivity contribution in [1.82, 2.24) is 14.3 Å². The molecule has 1 saturated heterocycles. The van der Waals surface area contributed by atoms with Gasteiger partial charge in [0.2, 0.25) is 5.91 Å². The zero-order valence-electron chi connectivity index (χ0n) is 22.4. The fourth-order valence-corrected chi connectivity index (χ4v) is 6.66. The number of para-hydroxylation sites is 1. The van der Waals surface area contributed by atoms with Crippen LogP contribution < -0.4 is 4.74 Å². The third-order valence-corrected chi connectivity index (χ3v) is 8.40. The highest BCUT2D eigenvalue weighted by molar-refractivity contribution is 7.18. The summed E-state index contributed by atoms with van der Waals surface area (Å²) >= 11 is 1.29. The minimum absolute atomic E-state index is 0.0840. The Labute approximate surface area is 234 Å². The van der Waals surface area contributed by atoms with Crippen molar-refractivity contribution in [3.8, 4) is 5.75 Å². The van der Waals surface area contributed by atoms with E-state index in [9.17, 15) is 24.3 Å². The predicted molar refractivity (Wildman–Crippen MR) is 144 cm³/mol. The summed E-state index contributed by atoms with van der Waals surface area (Å²) in [6.45, 7) is 6.31. The molecule has 40 heavy (non-hydrogen) atoms. The predicted octanol–water partition coefficient (Wildman–Crippen LogP) is 3.49. The lowest BCUT2D eigenvalue weighted by Gasteiger charge is -2.46. The quantitative estimate of drug-likeness (QED) is 0.135. The Kier molecular flexibility index (Phi) is 7.47. The summed E-state index contributed by atoms with van der Waals surface area (Å²) in [5.74, 6) is -1.85. The first kappa shape index (κ1) is 27.5. The van der Waals surface area contributed by atoms with Gasteiger partial charge < -0.3 is 24.2 Å². The third kappa shape index (κ3) is 4.66. The van der Waals surface area contributed by atoms with Gasteiger partial charge in [-0.3, -0.25) is 14.0 Å². The van der Waals surface area contributed by atoms with Gasteiger partial charge in [-0.05, 0) is 25.0 Å². The molecule has 5 rings (SSSR count). The molecule has 1 unspecified atom stereocenters. The van der Waals surface area contributed by atoms with E-state index >= 15 is 0 Å². The van der Waals surface area contributed by atoms with E-state index in [1.165, 1.54) is 29.5 Å². The largest absolute Gasteiger partial charge is 0.513 e. The van der Waals surface area contributed by atoms with Crippen LogP contribution in [0.5, 0.6) is 5.75 Å². The number of aromatic nitrogens is 2. The van der Waals surface area contributed by atoms with Crippen LogP contribution in [0.4, 0.5) is 4.79 Å². The number of ether oxygens (including phenoxy) is 3. The van der Waals surface area contributed by atoms with Gasteiger partial charge in [-0.1, -0.05) is 32.0 Å². The highest BCUT2D eigenvalue weighted by Gasteiger charge is 2.60. The summed E-state index contributed by atoms with van der Waals surface area (Å²) in [6, 6.07) is 6.68. The van der Waals surface area contributed by atoms with Crippen LogP contribution in [0.3, 0.4) is 0 Å². The van der Waals surface area contributed by atoms with Crippen LogP contribution in [0.2, 0.25) is 0 Å². The maximum absolute atomic E-state index is 13.4. The molecular weight excluding hydrogens is 538 g/mol.